The van der Waals surface area contributed by atoms with Gasteiger partial charge >= 0.3 is 0 Å². The molecule has 210 valence electrons. The van der Waals surface area contributed by atoms with Crippen LogP contribution in [0.25, 0.3) is 0 Å². The molecule has 6 fully saturated rings. The third-order valence-electron chi connectivity index (χ3n) is 13.1. The fraction of sp³-hybridized carbons (Fsp3) is 0.848. The van der Waals surface area contributed by atoms with Crippen LogP contribution in [0, 0.1) is 45.8 Å². The van der Waals surface area contributed by atoms with Crippen LogP contribution in [-0.4, -0.2) is 37.2 Å². The highest BCUT2D eigenvalue weighted by atomic mass is 16.7. The predicted molar refractivity (Wildman–Crippen MR) is 147 cm³/mol. The van der Waals surface area contributed by atoms with Gasteiger partial charge in [0, 0.05) is 25.0 Å². The van der Waals surface area contributed by atoms with E-state index in [9.17, 15) is 0 Å². The Kier molecular flexibility index (Phi) is 6.41. The van der Waals surface area contributed by atoms with Crippen molar-refractivity contribution in [2.24, 2.45) is 45.8 Å². The second kappa shape index (κ2) is 9.45. The smallest absolute Gasteiger partial charge is 0.158 e. The van der Waals surface area contributed by atoms with Crippen molar-refractivity contribution < 1.29 is 18.9 Å². The Hall–Kier alpha value is -1.17. The van der Waals surface area contributed by atoms with Crippen molar-refractivity contribution >= 4 is 0 Å². The van der Waals surface area contributed by atoms with E-state index in [0.29, 0.717) is 34.9 Å². The molecule has 1 spiro atoms. The summed E-state index contributed by atoms with van der Waals surface area (Å²) in [5.74, 6) is 4.95. The largest absolute Gasteiger partial charge is 0.489 e. The average Bonchev–Trinajstić information content (AvgIpc) is 3.44. The van der Waals surface area contributed by atoms with Gasteiger partial charge in [0.15, 0.2) is 6.29 Å². The van der Waals surface area contributed by atoms with Gasteiger partial charge in [-0.3, -0.25) is 4.98 Å². The second-order valence-electron chi connectivity index (χ2n) is 14.4. The molecule has 3 unspecified atom stereocenters. The van der Waals surface area contributed by atoms with Crippen LogP contribution < -0.4 is 4.74 Å². The van der Waals surface area contributed by atoms with E-state index in [1.54, 1.807) is 0 Å². The van der Waals surface area contributed by atoms with E-state index in [4.69, 9.17) is 18.9 Å². The molecule has 38 heavy (non-hydrogen) atoms. The van der Waals surface area contributed by atoms with Gasteiger partial charge in [-0.1, -0.05) is 13.8 Å². The highest BCUT2D eigenvalue weighted by Crippen LogP contribution is 2.82. The van der Waals surface area contributed by atoms with E-state index in [0.717, 1.165) is 54.6 Å². The van der Waals surface area contributed by atoms with Crippen LogP contribution in [-0.2, 0) is 20.8 Å². The molecule has 0 N–H and O–H groups in total. The van der Waals surface area contributed by atoms with Gasteiger partial charge in [0.05, 0.1) is 30.7 Å². The SMILES string of the molecule is COC1C[C@H]2[C@@H]3CC[C@H]([C@H](C)Oc4ccc(COC5CCCCO5)nc4)[C@@]3(C)CC[C@@H]2[C@@]2(C)CC[C@@H]3CC132. The minimum Gasteiger partial charge on any atom is -0.489 e. The molecule has 5 saturated carbocycles. The zero-order valence-electron chi connectivity index (χ0n) is 24.1. The number of nitrogens with zero attached hydrogens (tertiary/aromatic N) is 1. The van der Waals surface area contributed by atoms with Crippen molar-refractivity contribution in [3.8, 4) is 5.75 Å². The first-order chi connectivity index (χ1) is 18.4. The van der Waals surface area contributed by atoms with Crippen LogP contribution >= 0.6 is 0 Å². The molecule has 6 aliphatic rings. The molecule has 1 aromatic rings. The minimum atomic E-state index is -0.0801. The Morgan fingerprint density at radius 3 is 2.68 bits per heavy atom. The lowest BCUT2D eigenvalue weighted by atomic mass is 9.45. The number of pyridine rings is 1. The minimum absolute atomic E-state index is 0.0801. The third kappa shape index (κ3) is 3.77. The van der Waals surface area contributed by atoms with Crippen LogP contribution in [0.3, 0.4) is 0 Å². The van der Waals surface area contributed by atoms with Crippen LogP contribution in [0.15, 0.2) is 18.3 Å². The number of hydrogen-bond acceptors (Lipinski definition) is 5. The Morgan fingerprint density at radius 1 is 1.05 bits per heavy atom. The van der Waals surface area contributed by atoms with Crippen LogP contribution in [0.1, 0.15) is 97.1 Å². The summed E-state index contributed by atoms with van der Waals surface area (Å²) in [6.07, 6.45) is 16.8. The van der Waals surface area contributed by atoms with E-state index in [-0.39, 0.29) is 12.4 Å². The number of hydrogen-bond donors (Lipinski definition) is 0. The normalized spacial score (nSPS) is 47.9. The average molecular weight is 524 g/mol. The summed E-state index contributed by atoms with van der Waals surface area (Å²) < 4.78 is 24.5. The van der Waals surface area contributed by atoms with Crippen molar-refractivity contribution in [1.82, 2.24) is 4.98 Å². The van der Waals surface area contributed by atoms with Crippen molar-refractivity contribution in [3.63, 3.8) is 0 Å². The van der Waals surface area contributed by atoms with Crippen molar-refractivity contribution in [2.75, 3.05) is 13.7 Å². The van der Waals surface area contributed by atoms with E-state index in [1.165, 1.54) is 57.8 Å². The predicted octanol–water partition coefficient (Wildman–Crippen LogP) is 7.18. The zero-order valence-corrected chi connectivity index (χ0v) is 24.1. The zero-order chi connectivity index (χ0) is 26.1. The molecule has 5 aliphatic carbocycles. The fourth-order valence-corrected chi connectivity index (χ4v) is 11.3. The summed E-state index contributed by atoms with van der Waals surface area (Å²) in [7, 11) is 2.00. The summed E-state index contributed by atoms with van der Waals surface area (Å²) in [5.41, 5.74) is 2.32. The summed E-state index contributed by atoms with van der Waals surface area (Å²) in [5, 5.41) is 0. The van der Waals surface area contributed by atoms with Gasteiger partial charge in [-0.05, 0) is 124 Å². The van der Waals surface area contributed by atoms with Crippen molar-refractivity contribution in [3.05, 3.63) is 24.0 Å². The Labute approximate surface area is 229 Å². The maximum absolute atomic E-state index is 6.60. The van der Waals surface area contributed by atoms with Gasteiger partial charge in [0.1, 0.15) is 5.75 Å². The number of rotatable bonds is 7. The van der Waals surface area contributed by atoms with Gasteiger partial charge in [0.2, 0.25) is 0 Å². The molecular weight excluding hydrogens is 474 g/mol. The monoisotopic (exact) mass is 523 g/mol. The molecule has 1 aliphatic heterocycles. The van der Waals surface area contributed by atoms with Gasteiger partial charge in [-0.15, -0.1) is 0 Å². The molecule has 7 rings (SSSR count). The lowest BCUT2D eigenvalue weighted by molar-refractivity contribution is -0.169. The van der Waals surface area contributed by atoms with Crippen LogP contribution in [0.4, 0.5) is 0 Å². The Balaban J connectivity index is 1.01. The summed E-state index contributed by atoms with van der Waals surface area (Å²) >= 11 is 0. The summed E-state index contributed by atoms with van der Waals surface area (Å²) in [6, 6.07) is 4.12. The molecule has 0 amide bonds. The molecule has 11 atom stereocenters. The standard InChI is InChI=1S/C33H49NO4/c1-21(38-24-9-8-23(34-19-24)20-37-30-7-5-6-16-36-30)26-10-11-27-25-17-29(35-4)33-18-22(33)12-15-32(33,3)28(25)13-14-31(26,27)2/h8-9,19,21-22,25-30H,5-7,10-18,20H2,1-4H3/t21-,22+,25-,26+,27-,28-,29?,30?,31+,32+,33?/m0/s1. The van der Waals surface area contributed by atoms with Crippen molar-refractivity contribution in [2.45, 2.75) is 117 Å². The topological polar surface area (TPSA) is 49.8 Å². The van der Waals surface area contributed by atoms with E-state index in [1.807, 2.05) is 19.4 Å². The lowest BCUT2D eigenvalue weighted by Gasteiger charge is -2.61. The van der Waals surface area contributed by atoms with E-state index in [2.05, 4.69) is 31.8 Å². The van der Waals surface area contributed by atoms with Gasteiger partial charge in [-0.2, -0.15) is 0 Å². The maximum atomic E-state index is 6.60. The molecule has 5 nitrogen and oxygen atoms in total. The molecule has 5 heteroatoms. The van der Waals surface area contributed by atoms with Gasteiger partial charge in [-0.25, -0.2) is 0 Å². The van der Waals surface area contributed by atoms with E-state index < -0.39 is 0 Å². The molecule has 2 heterocycles. The fourth-order valence-electron chi connectivity index (χ4n) is 11.3. The highest BCUT2D eigenvalue weighted by molar-refractivity contribution is 5.26. The number of methoxy groups -OCH3 is 1. The first kappa shape index (κ1) is 25.8. The van der Waals surface area contributed by atoms with Crippen LogP contribution in [0.5, 0.6) is 5.75 Å². The second-order valence-corrected chi connectivity index (χ2v) is 14.4. The first-order valence-electron chi connectivity index (χ1n) is 15.8. The van der Waals surface area contributed by atoms with Crippen molar-refractivity contribution in [1.29, 1.82) is 0 Å². The molecule has 0 bridgehead atoms. The Bertz CT molecular complexity index is 1010. The maximum Gasteiger partial charge on any atom is 0.158 e. The van der Waals surface area contributed by atoms with Gasteiger partial charge < -0.3 is 18.9 Å². The number of fused-ring (bicyclic) bond motifs is 4. The highest BCUT2D eigenvalue weighted by Gasteiger charge is 2.77. The summed E-state index contributed by atoms with van der Waals surface area (Å²) in [6.45, 7) is 8.89. The van der Waals surface area contributed by atoms with Crippen LogP contribution in [0.2, 0.25) is 0 Å². The van der Waals surface area contributed by atoms with E-state index >= 15 is 0 Å². The molecular formula is C33H49NO4. The molecule has 0 aromatic carbocycles. The Morgan fingerprint density at radius 2 is 1.95 bits per heavy atom. The molecule has 1 saturated heterocycles. The first-order valence-corrected chi connectivity index (χ1v) is 15.8. The van der Waals surface area contributed by atoms with Gasteiger partial charge in [0.25, 0.3) is 0 Å². The molecule has 1 aromatic heterocycles. The third-order valence-corrected chi connectivity index (χ3v) is 13.1. The number of aromatic nitrogens is 1. The summed E-state index contributed by atoms with van der Waals surface area (Å²) in [4.78, 5) is 4.64. The molecule has 0 radical (unpaired) electrons. The quantitative estimate of drug-likeness (QED) is 0.379. The lowest BCUT2D eigenvalue weighted by Crippen LogP contribution is -2.57. The number of ether oxygens (including phenoxy) is 4.